The first-order chi connectivity index (χ1) is 33.5. The van der Waals surface area contributed by atoms with E-state index in [1.165, 1.54) is 55.2 Å². The van der Waals surface area contributed by atoms with Gasteiger partial charge in [0.2, 0.25) is 0 Å². The average Bonchev–Trinajstić information content (AvgIpc) is 3.72. The maximum atomic E-state index is 5.42. The second-order valence-electron chi connectivity index (χ2n) is 20.3. The van der Waals surface area contributed by atoms with Crippen LogP contribution >= 0.6 is 0 Å². The molecule has 0 N–H and O–H groups in total. The zero-order valence-corrected chi connectivity index (χ0v) is 40.2. The van der Waals surface area contributed by atoms with Crippen molar-refractivity contribution < 1.29 is 0 Å². The molecule has 11 aromatic rings. The minimum Gasteiger partial charge on any atom is -0.307 e. The Kier molecular flexibility index (Phi) is 11.0. The number of nitrogens with zero attached hydrogens (tertiary/aromatic N) is 3. The largest absolute Gasteiger partial charge is 0.307 e. The minimum absolute atomic E-state index is 0.116. The van der Waals surface area contributed by atoms with Gasteiger partial charge in [-0.3, -0.25) is 0 Å². The molecule has 0 amide bonds. The number of hydrogen-bond donors (Lipinski definition) is 0. The van der Waals surface area contributed by atoms with E-state index in [0.717, 1.165) is 56.0 Å². The molecule has 3 heteroatoms. The van der Waals surface area contributed by atoms with Gasteiger partial charge >= 0.3 is 0 Å². The molecule has 9 aromatic carbocycles. The Morgan fingerprint density at radius 3 is 0.928 bits per heavy atom. The van der Waals surface area contributed by atoms with E-state index in [1.807, 2.05) is 0 Å². The fourth-order valence-corrected chi connectivity index (χ4v) is 9.81. The van der Waals surface area contributed by atoms with Crippen molar-refractivity contribution in [3.05, 3.63) is 236 Å². The molecule has 0 bridgehead atoms. The molecule has 69 heavy (non-hydrogen) atoms. The summed E-state index contributed by atoms with van der Waals surface area (Å²) in [5, 5.41) is 2.46. The van der Waals surface area contributed by atoms with Crippen LogP contribution in [0.3, 0.4) is 0 Å². The molecule has 0 fully saturated rings. The van der Waals surface area contributed by atoms with Gasteiger partial charge in [0.25, 0.3) is 0 Å². The van der Waals surface area contributed by atoms with Gasteiger partial charge in [0.15, 0.2) is 5.82 Å². The highest BCUT2D eigenvalue weighted by atomic mass is 15.0. The second-order valence-corrected chi connectivity index (χ2v) is 20.3. The smallest absolute Gasteiger partial charge is 0.160 e. The molecule has 0 saturated heterocycles. The van der Waals surface area contributed by atoms with Crippen molar-refractivity contribution in [3.63, 3.8) is 0 Å². The fraction of sp³-hybridized carbons (Fsp3) is 0.121. The first kappa shape index (κ1) is 43.4. The van der Waals surface area contributed by atoms with Gasteiger partial charge in [0.1, 0.15) is 0 Å². The van der Waals surface area contributed by atoms with Crippen molar-refractivity contribution in [1.82, 2.24) is 14.5 Å². The van der Waals surface area contributed by atoms with Crippen molar-refractivity contribution in [1.29, 1.82) is 0 Å². The zero-order chi connectivity index (χ0) is 47.3. The van der Waals surface area contributed by atoms with E-state index in [4.69, 9.17) is 9.97 Å². The Morgan fingerprint density at radius 1 is 0.304 bits per heavy atom. The van der Waals surface area contributed by atoms with Crippen LogP contribution in [0.4, 0.5) is 0 Å². The SMILES string of the molecule is CC(C)(C)c1cc(-c2ccccc2)c2c(c1)c1cc(C(C)(C)C)cc(-c3ccccc3)c1n2-c1c(-c2ccccc2)cc(-c2nc(-c3ccccc3)cc(-c3ccccc3)n2)cc1-c1ccccc1. The number of benzene rings is 9. The van der Waals surface area contributed by atoms with Gasteiger partial charge in [-0.15, -0.1) is 0 Å². The third-order valence-corrected chi connectivity index (χ3v) is 13.5. The molecule has 0 spiro atoms. The molecular formula is C66H55N3. The van der Waals surface area contributed by atoms with Crippen LogP contribution in [0.1, 0.15) is 52.7 Å². The summed E-state index contributed by atoms with van der Waals surface area (Å²) >= 11 is 0. The average molecular weight is 890 g/mol. The van der Waals surface area contributed by atoms with Crippen molar-refractivity contribution in [2.75, 3.05) is 0 Å². The third kappa shape index (κ3) is 8.25. The van der Waals surface area contributed by atoms with E-state index in [-0.39, 0.29) is 10.8 Å². The lowest BCUT2D eigenvalue weighted by Gasteiger charge is -2.25. The van der Waals surface area contributed by atoms with Gasteiger partial charge in [-0.2, -0.15) is 0 Å². The monoisotopic (exact) mass is 889 g/mol. The quantitative estimate of drug-likeness (QED) is 0.152. The highest BCUT2D eigenvalue weighted by Gasteiger charge is 2.29. The van der Waals surface area contributed by atoms with Gasteiger partial charge in [0.05, 0.1) is 28.1 Å². The standard InChI is InChI=1S/C66H55N3/c1-65(2,3)51-39-55(46-29-17-9-18-30-46)62-57(41-51)58-42-52(66(4,5)6)40-56(47-31-19-10-20-32-47)63(58)69(62)61-53(44-25-13-7-14-26-44)37-50(38-54(61)45-27-15-8-16-28-45)64-67-59(48-33-21-11-22-34-48)43-60(68-64)49-35-23-12-24-36-49/h7-43H,1-6H3. The summed E-state index contributed by atoms with van der Waals surface area (Å²) in [5.41, 5.74) is 19.7. The summed E-state index contributed by atoms with van der Waals surface area (Å²) in [6.45, 7) is 14.0. The summed E-state index contributed by atoms with van der Waals surface area (Å²) in [5.74, 6) is 0.665. The number of hydrogen-bond acceptors (Lipinski definition) is 2. The zero-order valence-electron chi connectivity index (χ0n) is 40.2. The van der Waals surface area contributed by atoms with E-state index < -0.39 is 0 Å². The Morgan fingerprint density at radius 2 is 0.609 bits per heavy atom. The number of fused-ring (bicyclic) bond motifs is 3. The Hall–Kier alpha value is -8.14. The summed E-state index contributed by atoms with van der Waals surface area (Å²) in [7, 11) is 0. The Bertz CT molecular complexity index is 3390. The predicted octanol–water partition coefficient (Wildman–Crippen LogP) is 17.8. The Balaban J connectivity index is 1.36. The molecule has 11 rings (SSSR count). The minimum atomic E-state index is -0.116. The van der Waals surface area contributed by atoms with Crippen LogP contribution < -0.4 is 0 Å². The van der Waals surface area contributed by atoms with E-state index in [1.54, 1.807) is 0 Å². The van der Waals surface area contributed by atoms with Gasteiger partial charge in [0, 0.05) is 49.7 Å². The second kappa shape index (κ2) is 17.5. The van der Waals surface area contributed by atoms with Gasteiger partial charge in [-0.1, -0.05) is 224 Å². The highest BCUT2D eigenvalue weighted by molar-refractivity contribution is 6.19. The summed E-state index contributed by atoms with van der Waals surface area (Å²) in [6.07, 6.45) is 0. The van der Waals surface area contributed by atoms with E-state index in [0.29, 0.717) is 5.82 Å². The van der Waals surface area contributed by atoms with Crippen LogP contribution in [0.5, 0.6) is 0 Å². The van der Waals surface area contributed by atoms with Crippen LogP contribution in [-0.2, 0) is 10.8 Å². The normalized spacial score (nSPS) is 11.9. The highest BCUT2D eigenvalue weighted by Crippen LogP contribution is 2.50. The summed E-state index contributed by atoms with van der Waals surface area (Å²) < 4.78 is 2.62. The van der Waals surface area contributed by atoms with Crippen LogP contribution in [-0.4, -0.2) is 14.5 Å². The predicted molar refractivity (Wildman–Crippen MR) is 292 cm³/mol. The van der Waals surface area contributed by atoms with Gasteiger partial charge in [-0.25, -0.2) is 9.97 Å². The van der Waals surface area contributed by atoms with Crippen LogP contribution in [0.2, 0.25) is 0 Å². The van der Waals surface area contributed by atoms with E-state index in [2.05, 4.69) is 271 Å². The van der Waals surface area contributed by atoms with Crippen LogP contribution in [0.25, 0.3) is 106 Å². The lowest BCUT2D eigenvalue weighted by molar-refractivity contribution is 0.590. The lowest BCUT2D eigenvalue weighted by Crippen LogP contribution is -2.11. The fourth-order valence-electron chi connectivity index (χ4n) is 9.81. The van der Waals surface area contributed by atoms with Gasteiger partial charge < -0.3 is 4.57 Å². The molecular weight excluding hydrogens is 835 g/mol. The maximum Gasteiger partial charge on any atom is 0.160 e. The lowest BCUT2D eigenvalue weighted by atomic mass is 9.82. The molecule has 2 aromatic heterocycles. The third-order valence-electron chi connectivity index (χ3n) is 13.5. The topological polar surface area (TPSA) is 30.7 Å². The molecule has 334 valence electrons. The van der Waals surface area contributed by atoms with Crippen molar-refractivity contribution in [2.45, 2.75) is 52.4 Å². The Labute approximate surface area is 406 Å². The van der Waals surface area contributed by atoms with Crippen LogP contribution in [0.15, 0.2) is 224 Å². The number of rotatable bonds is 8. The van der Waals surface area contributed by atoms with E-state index >= 15 is 0 Å². The van der Waals surface area contributed by atoms with Crippen LogP contribution in [0, 0.1) is 0 Å². The van der Waals surface area contributed by atoms with Crippen molar-refractivity contribution >= 4 is 21.8 Å². The maximum absolute atomic E-state index is 5.42. The first-order valence-corrected chi connectivity index (χ1v) is 24.1. The van der Waals surface area contributed by atoms with E-state index in [9.17, 15) is 0 Å². The van der Waals surface area contributed by atoms with Gasteiger partial charge in [-0.05, 0) is 86.7 Å². The first-order valence-electron chi connectivity index (χ1n) is 24.1. The van der Waals surface area contributed by atoms with Crippen molar-refractivity contribution in [2.24, 2.45) is 0 Å². The molecule has 0 radical (unpaired) electrons. The van der Waals surface area contributed by atoms with Crippen molar-refractivity contribution in [3.8, 4) is 84.1 Å². The molecule has 2 heterocycles. The molecule has 3 nitrogen and oxygen atoms in total. The molecule has 0 atom stereocenters. The molecule has 0 unspecified atom stereocenters. The number of aromatic nitrogens is 3. The molecule has 0 aliphatic heterocycles. The molecule has 0 aliphatic carbocycles. The summed E-state index contributed by atoms with van der Waals surface area (Å²) in [4.78, 5) is 10.8. The summed E-state index contributed by atoms with van der Waals surface area (Å²) in [6, 6.07) is 81.3. The molecule has 0 saturated carbocycles. The molecule has 0 aliphatic rings.